The number of aromatic nitrogens is 2. The van der Waals surface area contributed by atoms with Gasteiger partial charge in [-0.15, -0.1) is 11.3 Å². The van der Waals surface area contributed by atoms with Gasteiger partial charge in [-0.25, -0.2) is 9.97 Å². The fourth-order valence-electron chi connectivity index (χ4n) is 3.28. The molecule has 1 aromatic carbocycles. The molecule has 1 aliphatic rings. The van der Waals surface area contributed by atoms with Crippen LogP contribution in [-0.4, -0.2) is 41.5 Å². The number of benzene rings is 1. The van der Waals surface area contributed by atoms with E-state index in [1.807, 2.05) is 36.2 Å². The highest BCUT2D eigenvalue weighted by Gasteiger charge is 2.20. The second-order valence-electron chi connectivity index (χ2n) is 6.37. The van der Waals surface area contributed by atoms with Crippen LogP contribution in [0.4, 0.5) is 11.5 Å². The summed E-state index contributed by atoms with van der Waals surface area (Å²) in [5.74, 6) is 0.782. The minimum absolute atomic E-state index is 0.142. The molecule has 0 bridgehead atoms. The predicted molar refractivity (Wildman–Crippen MR) is 107 cm³/mol. The largest absolute Gasteiger partial charge is 0.395 e. The van der Waals surface area contributed by atoms with Crippen molar-refractivity contribution in [2.75, 3.05) is 30.5 Å². The quantitative estimate of drug-likeness (QED) is 0.517. The SMILES string of the molecule is CN(CCO)c1ccc(/C=N\Nc2ncnc3sc4c(c23)CCC4)cc1. The lowest BCUT2D eigenvalue weighted by Gasteiger charge is -2.17. The number of rotatable bonds is 6. The van der Waals surface area contributed by atoms with Gasteiger partial charge in [0.15, 0.2) is 5.82 Å². The number of nitrogens with one attached hydrogen (secondary N) is 1. The molecule has 0 saturated carbocycles. The lowest BCUT2D eigenvalue weighted by molar-refractivity contribution is 0.304. The van der Waals surface area contributed by atoms with Gasteiger partial charge in [-0.05, 0) is 42.5 Å². The normalized spacial score (nSPS) is 13.5. The molecule has 6 nitrogen and oxygen atoms in total. The molecular formula is C19H21N5OS. The first kappa shape index (κ1) is 16.9. The Hall–Kier alpha value is -2.51. The van der Waals surface area contributed by atoms with Gasteiger partial charge >= 0.3 is 0 Å². The molecule has 0 amide bonds. The molecule has 2 heterocycles. The first-order valence-corrected chi connectivity index (χ1v) is 9.54. The van der Waals surface area contributed by atoms with Gasteiger partial charge in [0, 0.05) is 24.2 Å². The van der Waals surface area contributed by atoms with Crippen molar-refractivity contribution in [2.45, 2.75) is 19.3 Å². The van der Waals surface area contributed by atoms with E-state index in [1.54, 1.807) is 23.9 Å². The number of aliphatic hydroxyl groups excluding tert-OH is 1. The number of hydrogen-bond donors (Lipinski definition) is 2. The molecule has 26 heavy (non-hydrogen) atoms. The Morgan fingerprint density at radius 1 is 1.27 bits per heavy atom. The minimum atomic E-state index is 0.142. The number of aliphatic hydroxyl groups is 1. The van der Waals surface area contributed by atoms with Crippen LogP contribution < -0.4 is 10.3 Å². The molecule has 0 unspecified atom stereocenters. The summed E-state index contributed by atoms with van der Waals surface area (Å²) in [6, 6.07) is 8.05. The molecule has 0 atom stereocenters. The molecule has 1 aliphatic carbocycles. The van der Waals surface area contributed by atoms with Gasteiger partial charge in [-0.1, -0.05) is 12.1 Å². The third-order valence-corrected chi connectivity index (χ3v) is 5.85. The van der Waals surface area contributed by atoms with Crippen molar-refractivity contribution in [3.05, 3.63) is 46.6 Å². The minimum Gasteiger partial charge on any atom is -0.395 e. The van der Waals surface area contributed by atoms with Crippen LogP contribution in [0.5, 0.6) is 0 Å². The van der Waals surface area contributed by atoms with Crippen LogP contribution in [0.15, 0.2) is 35.7 Å². The van der Waals surface area contributed by atoms with Crippen LogP contribution in [0.1, 0.15) is 22.4 Å². The zero-order valence-corrected chi connectivity index (χ0v) is 15.5. The van der Waals surface area contributed by atoms with E-state index in [-0.39, 0.29) is 6.61 Å². The lowest BCUT2D eigenvalue weighted by Crippen LogP contribution is -2.20. The maximum atomic E-state index is 9.01. The highest BCUT2D eigenvalue weighted by molar-refractivity contribution is 7.19. The molecule has 0 saturated heterocycles. The number of fused-ring (bicyclic) bond motifs is 3. The summed E-state index contributed by atoms with van der Waals surface area (Å²) in [4.78, 5) is 13.3. The van der Waals surface area contributed by atoms with E-state index in [0.717, 1.165) is 40.1 Å². The first-order chi connectivity index (χ1) is 12.8. The smallest absolute Gasteiger partial charge is 0.158 e. The number of anilines is 2. The second-order valence-corrected chi connectivity index (χ2v) is 7.45. The standard InChI is InChI=1S/C19H21N5OS/c1-24(9-10-25)14-7-5-13(6-8-14)11-22-23-18-17-15-3-2-4-16(15)26-19(17)21-12-20-18/h5-8,11-12,25H,2-4,9-10H2,1H3,(H,20,21,23)/b22-11-. The monoisotopic (exact) mass is 367 g/mol. The predicted octanol–water partition coefficient (Wildman–Crippen LogP) is 3.05. The van der Waals surface area contributed by atoms with Crippen molar-refractivity contribution in [1.82, 2.24) is 9.97 Å². The van der Waals surface area contributed by atoms with Gasteiger partial charge in [-0.3, -0.25) is 5.43 Å². The van der Waals surface area contributed by atoms with E-state index in [0.29, 0.717) is 6.54 Å². The third kappa shape index (κ3) is 3.27. The molecule has 0 radical (unpaired) electrons. The highest BCUT2D eigenvalue weighted by Crippen LogP contribution is 2.38. The Labute approximate surface area is 156 Å². The Bertz CT molecular complexity index is 935. The van der Waals surface area contributed by atoms with E-state index < -0.39 is 0 Å². The summed E-state index contributed by atoms with van der Waals surface area (Å²) < 4.78 is 0. The van der Waals surface area contributed by atoms with Gasteiger partial charge in [0.25, 0.3) is 0 Å². The number of hydrogen-bond acceptors (Lipinski definition) is 7. The van der Waals surface area contributed by atoms with E-state index in [2.05, 4.69) is 20.5 Å². The van der Waals surface area contributed by atoms with Crippen LogP contribution in [0.3, 0.4) is 0 Å². The average Bonchev–Trinajstić information content (AvgIpc) is 3.23. The van der Waals surface area contributed by atoms with Crippen LogP contribution >= 0.6 is 11.3 Å². The fourth-order valence-corrected chi connectivity index (χ4v) is 4.50. The number of likely N-dealkylation sites (N-methyl/N-ethyl adjacent to an activating group) is 1. The summed E-state index contributed by atoms with van der Waals surface area (Å²) in [6.07, 6.45) is 6.85. The summed E-state index contributed by atoms with van der Waals surface area (Å²) >= 11 is 1.77. The lowest BCUT2D eigenvalue weighted by atomic mass is 10.2. The van der Waals surface area contributed by atoms with Crippen molar-refractivity contribution >= 4 is 39.3 Å². The maximum absolute atomic E-state index is 9.01. The van der Waals surface area contributed by atoms with Gasteiger partial charge in [-0.2, -0.15) is 5.10 Å². The molecule has 7 heteroatoms. The molecule has 2 N–H and O–H groups in total. The van der Waals surface area contributed by atoms with Crippen molar-refractivity contribution in [1.29, 1.82) is 0 Å². The van der Waals surface area contributed by atoms with Crippen LogP contribution in [0, 0.1) is 0 Å². The Morgan fingerprint density at radius 3 is 2.92 bits per heavy atom. The zero-order valence-electron chi connectivity index (χ0n) is 14.6. The van der Waals surface area contributed by atoms with Crippen LogP contribution in [0.25, 0.3) is 10.2 Å². The molecule has 4 rings (SSSR count). The molecule has 2 aromatic heterocycles. The molecule has 134 valence electrons. The maximum Gasteiger partial charge on any atom is 0.158 e. The van der Waals surface area contributed by atoms with Crippen molar-refractivity contribution in [2.24, 2.45) is 5.10 Å². The van der Waals surface area contributed by atoms with Gasteiger partial charge in [0.05, 0.1) is 18.2 Å². The average molecular weight is 367 g/mol. The van der Waals surface area contributed by atoms with E-state index in [4.69, 9.17) is 5.11 Å². The molecule has 0 aliphatic heterocycles. The summed E-state index contributed by atoms with van der Waals surface area (Å²) in [6.45, 7) is 0.757. The summed E-state index contributed by atoms with van der Waals surface area (Å²) in [7, 11) is 1.96. The summed E-state index contributed by atoms with van der Waals surface area (Å²) in [5, 5.41) is 14.5. The second kappa shape index (κ2) is 7.39. The molecule has 0 spiro atoms. The van der Waals surface area contributed by atoms with Gasteiger partial charge in [0.1, 0.15) is 11.2 Å². The molecule has 0 fully saturated rings. The number of hydrazone groups is 1. The topological polar surface area (TPSA) is 73.6 Å². The van der Waals surface area contributed by atoms with E-state index >= 15 is 0 Å². The Balaban J connectivity index is 1.50. The Morgan fingerprint density at radius 2 is 2.12 bits per heavy atom. The highest BCUT2D eigenvalue weighted by atomic mass is 32.1. The van der Waals surface area contributed by atoms with Gasteiger partial charge in [0.2, 0.25) is 0 Å². The number of aryl methyl sites for hydroxylation is 2. The van der Waals surface area contributed by atoms with Crippen molar-refractivity contribution in [3.8, 4) is 0 Å². The van der Waals surface area contributed by atoms with Crippen molar-refractivity contribution < 1.29 is 5.11 Å². The molecular weight excluding hydrogens is 346 g/mol. The Kier molecular flexibility index (Phi) is 4.81. The van der Waals surface area contributed by atoms with E-state index in [9.17, 15) is 0 Å². The fraction of sp³-hybridized carbons (Fsp3) is 0.316. The summed E-state index contributed by atoms with van der Waals surface area (Å²) in [5.41, 5.74) is 6.54. The van der Waals surface area contributed by atoms with Gasteiger partial charge < -0.3 is 10.0 Å². The van der Waals surface area contributed by atoms with Crippen LogP contribution in [-0.2, 0) is 12.8 Å². The van der Waals surface area contributed by atoms with E-state index in [1.165, 1.54) is 16.9 Å². The third-order valence-electron chi connectivity index (χ3n) is 4.65. The molecule has 3 aromatic rings. The number of nitrogens with zero attached hydrogens (tertiary/aromatic N) is 4. The first-order valence-electron chi connectivity index (χ1n) is 8.72. The number of thiophene rings is 1. The van der Waals surface area contributed by atoms with Crippen LogP contribution in [0.2, 0.25) is 0 Å². The zero-order chi connectivity index (χ0) is 17.9. The van der Waals surface area contributed by atoms with Crippen molar-refractivity contribution in [3.63, 3.8) is 0 Å².